The highest BCUT2D eigenvalue weighted by Gasteiger charge is 2.07. The van der Waals surface area contributed by atoms with Crippen LogP contribution in [0.4, 0.5) is 0 Å². The second kappa shape index (κ2) is 7.70. The Labute approximate surface area is 129 Å². The van der Waals surface area contributed by atoms with E-state index < -0.39 is 0 Å². The summed E-state index contributed by atoms with van der Waals surface area (Å²) in [6.07, 6.45) is 1.53. The Morgan fingerprint density at radius 1 is 1.32 bits per heavy atom. The lowest BCUT2D eigenvalue weighted by Gasteiger charge is -2.09. The molecule has 0 atom stereocenters. The smallest absolute Gasteiger partial charge is 0.270 e. The van der Waals surface area contributed by atoms with Gasteiger partial charge in [-0.3, -0.25) is 9.59 Å². The monoisotopic (exact) mass is 302 g/mol. The fourth-order valence-corrected chi connectivity index (χ4v) is 2.18. The van der Waals surface area contributed by atoms with Crippen LogP contribution in [0, 0.1) is 0 Å². The van der Waals surface area contributed by atoms with Gasteiger partial charge < -0.3 is 15.2 Å². The van der Waals surface area contributed by atoms with Crippen molar-refractivity contribution in [2.45, 2.75) is 19.3 Å². The zero-order valence-electron chi connectivity index (χ0n) is 13.1. The quantitative estimate of drug-likeness (QED) is 0.746. The molecule has 0 aliphatic rings. The summed E-state index contributed by atoms with van der Waals surface area (Å²) in [4.78, 5) is 32.9. The van der Waals surface area contributed by atoms with E-state index in [4.69, 9.17) is 0 Å². The Morgan fingerprint density at radius 2 is 2.09 bits per heavy atom. The van der Waals surface area contributed by atoms with Crippen LogP contribution >= 0.6 is 0 Å². The molecule has 0 radical (unpaired) electrons. The molecule has 1 aromatic heterocycles. The molecule has 6 nitrogen and oxygen atoms in total. The second-order valence-corrected chi connectivity index (χ2v) is 5.54. The Balaban J connectivity index is 1.87. The molecule has 1 aromatic carbocycles. The lowest BCUT2D eigenvalue weighted by atomic mass is 10.2. The number of amides is 1. The standard InChI is InChI=1S/C16H22N4O2/c1-20(2)11-5-10-17-15(21)9-8-14-16(22)19-13-7-4-3-6-12(13)18-14/h3-4,6-7H,5,8-11H2,1-2H3,(H,17,21)(H,19,22). The van der Waals surface area contributed by atoms with Crippen molar-refractivity contribution in [3.8, 4) is 0 Å². The number of aromatic nitrogens is 2. The van der Waals surface area contributed by atoms with Gasteiger partial charge >= 0.3 is 0 Å². The van der Waals surface area contributed by atoms with E-state index in [2.05, 4.69) is 20.2 Å². The van der Waals surface area contributed by atoms with Gasteiger partial charge in [0.1, 0.15) is 5.69 Å². The van der Waals surface area contributed by atoms with Crippen molar-refractivity contribution in [2.24, 2.45) is 0 Å². The van der Waals surface area contributed by atoms with E-state index in [9.17, 15) is 9.59 Å². The van der Waals surface area contributed by atoms with Crippen molar-refractivity contribution in [1.29, 1.82) is 0 Å². The predicted molar refractivity (Wildman–Crippen MR) is 86.9 cm³/mol. The minimum Gasteiger partial charge on any atom is -0.356 e. The Kier molecular flexibility index (Phi) is 5.66. The lowest BCUT2D eigenvalue weighted by Crippen LogP contribution is -2.28. The van der Waals surface area contributed by atoms with Gasteiger partial charge in [0.25, 0.3) is 5.56 Å². The molecule has 1 heterocycles. The maximum Gasteiger partial charge on any atom is 0.270 e. The van der Waals surface area contributed by atoms with Crippen molar-refractivity contribution in [3.63, 3.8) is 0 Å². The molecule has 2 N–H and O–H groups in total. The average molecular weight is 302 g/mol. The summed E-state index contributed by atoms with van der Waals surface area (Å²) >= 11 is 0. The molecule has 22 heavy (non-hydrogen) atoms. The van der Waals surface area contributed by atoms with Crippen LogP contribution in [0.5, 0.6) is 0 Å². The number of H-pyrrole nitrogens is 1. The molecule has 0 fully saturated rings. The summed E-state index contributed by atoms with van der Waals surface area (Å²) in [5, 5.41) is 2.86. The molecule has 2 rings (SSSR count). The summed E-state index contributed by atoms with van der Waals surface area (Å²) in [5.41, 5.74) is 1.63. The highest BCUT2D eigenvalue weighted by molar-refractivity contribution is 5.76. The first-order valence-electron chi connectivity index (χ1n) is 7.45. The van der Waals surface area contributed by atoms with Crippen LogP contribution in [0.3, 0.4) is 0 Å². The first-order valence-corrected chi connectivity index (χ1v) is 7.45. The Morgan fingerprint density at radius 3 is 2.86 bits per heavy atom. The summed E-state index contributed by atoms with van der Waals surface area (Å²) in [6.45, 7) is 1.59. The van der Waals surface area contributed by atoms with Gasteiger partial charge in [-0.2, -0.15) is 0 Å². The summed E-state index contributed by atoms with van der Waals surface area (Å²) in [5.74, 6) is -0.0480. The Hall–Kier alpha value is -2.21. The number of carbonyl (C=O) groups is 1. The van der Waals surface area contributed by atoms with Crippen LogP contribution in [0.15, 0.2) is 29.1 Å². The first-order chi connectivity index (χ1) is 10.6. The van der Waals surface area contributed by atoms with Gasteiger partial charge in [0, 0.05) is 19.4 Å². The second-order valence-electron chi connectivity index (χ2n) is 5.54. The number of nitrogens with zero attached hydrogens (tertiary/aromatic N) is 2. The van der Waals surface area contributed by atoms with Crippen molar-refractivity contribution < 1.29 is 4.79 Å². The number of aromatic amines is 1. The van der Waals surface area contributed by atoms with E-state index in [0.29, 0.717) is 24.2 Å². The van der Waals surface area contributed by atoms with Crippen LogP contribution in [0.1, 0.15) is 18.5 Å². The third-order valence-corrected chi connectivity index (χ3v) is 3.36. The van der Waals surface area contributed by atoms with E-state index in [0.717, 1.165) is 18.5 Å². The van der Waals surface area contributed by atoms with E-state index >= 15 is 0 Å². The van der Waals surface area contributed by atoms with Crippen molar-refractivity contribution in [3.05, 3.63) is 40.3 Å². The third-order valence-electron chi connectivity index (χ3n) is 3.36. The van der Waals surface area contributed by atoms with Gasteiger partial charge in [0.05, 0.1) is 11.0 Å². The fraction of sp³-hybridized carbons (Fsp3) is 0.438. The van der Waals surface area contributed by atoms with E-state index in [1.165, 1.54) is 0 Å². The van der Waals surface area contributed by atoms with E-state index in [1.54, 1.807) is 0 Å². The predicted octanol–water partition coefficient (Wildman–Crippen LogP) is 0.924. The molecule has 0 saturated carbocycles. The minimum absolute atomic E-state index is 0.0480. The summed E-state index contributed by atoms with van der Waals surface area (Å²) in [7, 11) is 4.00. The normalized spacial score (nSPS) is 11.0. The molecular formula is C16H22N4O2. The molecule has 118 valence electrons. The lowest BCUT2D eigenvalue weighted by molar-refractivity contribution is -0.121. The molecule has 6 heteroatoms. The number of aryl methyl sites for hydroxylation is 1. The molecule has 0 spiro atoms. The molecule has 0 unspecified atom stereocenters. The molecule has 1 amide bonds. The van der Waals surface area contributed by atoms with Gasteiger partial charge in [-0.15, -0.1) is 0 Å². The number of benzene rings is 1. The number of fused-ring (bicyclic) bond motifs is 1. The molecule has 0 saturated heterocycles. The van der Waals surface area contributed by atoms with Gasteiger partial charge in [-0.05, 0) is 39.2 Å². The highest BCUT2D eigenvalue weighted by atomic mass is 16.1. The fourth-order valence-electron chi connectivity index (χ4n) is 2.18. The topological polar surface area (TPSA) is 78.1 Å². The molecule has 0 aliphatic carbocycles. The SMILES string of the molecule is CN(C)CCCNC(=O)CCc1nc2ccccc2[nH]c1=O. The van der Waals surface area contributed by atoms with Crippen LogP contribution in [0.25, 0.3) is 11.0 Å². The number of hydrogen-bond donors (Lipinski definition) is 2. The van der Waals surface area contributed by atoms with Gasteiger partial charge in [0.15, 0.2) is 0 Å². The molecular weight excluding hydrogens is 280 g/mol. The third kappa shape index (κ3) is 4.66. The van der Waals surface area contributed by atoms with Crippen molar-refractivity contribution in [2.75, 3.05) is 27.2 Å². The summed E-state index contributed by atoms with van der Waals surface area (Å²) in [6, 6.07) is 7.37. The number of carbonyl (C=O) groups excluding carboxylic acids is 1. The Bertz CT molecular complexity index is 694. The van der Waals surface area contributed by atoms with Gasteiger partial charge in [0.2, 0.25) is 5.91 Å². The van der Waals surface area contributed by atoms with Crippen LogP contribution in [-0.4, -0.2) is 48.0 Å². The number of hydrogen-bond acceptors (Lipinski definition) is 4. The number of para-hydroxylation sites is 2. The molecule has 2 aromatic rings. The van der Waals surface area contributed by atoms with E-state index in [-0.39, 0.29) is 17.9 Å². The molecule has 0 bridgehead atoms. The van der Waals surface area contributed by atoms with Crippen LogP contribution < -0.4 is 10.9 Å². The van der Waals surface area contributed by atoms with Gasteiger partial charge in [-0.1, -0.05) is 12.1 Å². The maximum absolute atomic E-state index is 11.9. The van der Waals surface area contributed by atoms with Crippen molar-refractivity contribution >= 4 is 16.9 Å². The highest BCUT2D eigenvalue weighted by Crippen LogP contribution is 2.06. The maximum atomic E-state index is 11.9. The van der Waals surface area contributed by atoms with E-state index in [1.807, 2.05) is 38.4 Å². The zero-order valence-corrected chi connectivity index (χ0v) is 13.1. The number of nitrogens with one attached hydrogen (secondary N) is 2. The summed E-state index contributed by atoms with van der Waals surface area (Å²) < 4.78 is 0. The minimum atomic E-state index is -0.223. The average Bonchev–Trinajstić information content (AvgIpc) is 2.49. The molecule has 0 aliphatic heterocycles. The largest absolute Gasteiger partial charge is 0.356 e. The van der Waals surface area contributed by atoms with Crippen LogP contribution in [-0.2, 0) is 11.2 Å². The van der Waals surface area contributed by atoms with Crippen LogP contribution in [0.2, 0.25) is 0 Å². The first kappa shape index (κ1) is 16.2. The van der Waals surface area contributed by atoms with Crippen molar-refractivity contribution in [1.82, 2.24) is 20.2 Å². The van der Waals surface area contributed by atoms with Gasteiger partial charge in [-0.25, -0.2) is 4.98 Å². The zero-order chi connectivity index (χ0) is 15.9. The number of rotatable bonds is 7.